The first kappa shape index (κ1) is 11.7. The summed E-state index contributed by atoms with van der Waals surface area (Å²) in [5.74, 6) is -0.693. The number of aromatic nitrogens is 3. The molecule has 0 radical (unpaired) electrons. The minimum Gasteiger partial charge on any atom is -0.480 e. The third-order valence-corrected chi connectivity index (χ3v) is 2.17. The number of carboxylic acid groups (broad SMARTS) is 1. The molecule has 0 saturated heterocycles. The summed E-state index contributed by atoms with van der Waals surface area (Å²) in [5.41, 5.74) is 0.563. The van der Waals surface area contributed by atoms with Crippen LogP contribution in [0.4, 0.5) is 5.69 Å². The lowest BCUT2D eigenvalue weighted by atomic mass is 10.2. The maximum Gasteiger partial charge on any atom is 0.325 e. The van der Waals surface area contributed by atoms with E-state index in [1.54, 1.807) is 0 Å². The van der Waals surface area contributed by atoms with Gasteiger partial charge in [0.25, 0.3) is 5.69 Å². The highest BCUT2D eigenvalue weighted by Gasteiger charge is 2.09. The highest BCUT2D eigenvalue weighted by molar-refractivity contribution is 5.66. The maximum atomic E-state index is 10.5. The predicted octanol–water partition coefficient (Wildman–Crippen LogP) is 0.938. The van der Waals surface area contributed by atoms with Crippen LogP contribution in [0.25, 0.3) is 11.4 Å². The van der Waals surface area contributed by atoms with Crippen LogP contribution in [-0.2, 0) is 11.3 Å². The zero-order valence-corrected chi connectivity index (χ0v) is 9.05. The zero-order valence-electron chi connectivity index (χ0n) is 9.05. The van der Waals surface area contributed by atoms with Crippen LogP contribution in [-0.4, -0.2) is 30.8 Å². The molecule has 0 aliphatic rings. The molecule has 0 bridgehead atoms. The van der Waals surface area contributed by atoms with Crippen molar-refractivity contribution >= 4 is 11.7 Å². The van der Waals surface area contributed by atoms with Gasteiger partial charge in [-0.3, -0.25) is 14.9 Å². The van der Waals surface area contributed by atoms with Gasteiger partial charge in [-0.1, -0.05) is 0 Å². The second-order valence-electron chi connectivity index (χ2n) is 3.46. The van der Waals surface area contributed by atoms with Crippen molar-refractivity contribution in [2.45, 2.75) is 6.54 Å². The molecule has 92 valence electrons. The number of aliphatic carboxylic acids is 1. The number of hydrogen-bond donors (Lipinski definition) is 1. The lowest BCUT2D eigenvalue weighted by Gasteiger charge is -1.95. The summed E-state index contributed by atoms with van der Waals surface area (Å²) in [6, 6.07) is 5.71. The molecule has 1 aromatic heterocycles. The number of nitro groups is 1. The minimum atomic E-state index is -1.02. The number of rotatable bonds is 4. The Bertz CT molecular complexity index is 590. The van der Waals surface area contributed by atoms with Crippen LogP contribution in [0.2, 0.25) is 0 Å². The van der Waals surface area contributed by atoms with Crippen molar-refractivity contribution in [2.75, 3.05) is 0 Å². The topological polar surface area (TPSA) is 111 Å². The van der Waals surface area contributed by atoms with Gasteiger partial charge >= 0.3 is 5.97 Å². The van der Waals surface area contributed by atoms with Gasteiger partial charge in [0.05, 0.1) is 4.92 Å². The first-order chi connectivity index (χ1) is 8.56. The highest BCUT2D eigenvalue weighted by atomic mass is 16.6. The number of nitro benzene ring substituents is 1. The van der Waals surface area contributed by atoms with Gasteiger partial charge in [-0.15, -0.1) is 0 Å². The summed E-state index contributed by atoms with van der Waals surface area (Å²) in [6.45, 7) is -0.278. The van der Waals surface area contributed by atoms with E-state index in [9.17, 15) is 14.9 Å². The van der Waals surface area contributed by atoms with Crippen molar-refractivity contribution in [1.29, 1.82) is 0 Å². The van der Waals surface area contributed by atoms with Gasteiger partial charge in [-0.05, 0) is 12.1 Å². The summed E-state index contributed by atoms with van der Waals surface area (Å²) in [6.07, 6.45) is 1.30. The zero-order chi connectivity index (χ0) is 13.1. The van der Waals surface area contributed by atoms with Gasteiger partial charge in [0, 0.05) is 17.7 Å². The Morgan fingerprint density at radius 1 is 1.39 bits per heavy atom. The molecular formula is C10H8N4O4. The summed E-state index contributed by atoms with van der Waals surface area (Å²) in [5, 5.41) is 23.0. The Kier molecular flexibility index (Phi) is 3.00. The molecule has 8 heteroatoms. The smallest absolute Gasteiger partial charge is 0.325 e. The third-order valence-electron chi connectivity index (χ3n) is 2.17. The Labute approximate surface area is 101 Å². The molecule has 0 aliphatic carbocycles. The normalized spacial score (nSPS) is 10.2. The lowest BCUT2D eigenvalue weighted by molar-refractivity contribution is -0.384. The molecule has 18 heavy (non-hydrogen) atoms. The SMILES string of the molecule is O=C(O)Cn1cnc(-c2ccc([N+](=O)[O-])cc2)n1. The van der Waals surface area contributed by atoms with Crippen molar-refractivity contribution in [3.05, 3.63) is 40.7 Å². The van der Waals surface area contributed by atoms with Gasteiger partial charge in [0.15, 0.2) is 5.82 Å². The first-order valence-corrected chi connectivity index (χ1v) is 4.92. The summed E-state index contributed by atoms with van der Waals surface area (Å²) in [4.78, 5) is 24.4. The Balaban J connectivity index is 2.23. The molecule has 0 spiro atoms. The number of hydrogen-bond acceptors (Lipinski definition) is 5. The van der Waals surface area contributed by atoms with E-state index in [1.807, 2.05) is 0 Å². The van der Waals surface area contributed by atoms with Crippen LogP contribution in [0, 0.1) is 10.1 Å². The molecule has 0 aliphatic heterocycles. The van der Waals surface area contributed by atoms with Gasteiger partial charge in [-0.2, -0.15) is 5.10 Å². The van der Waals surface area contributed by atoms with Crippen LogP contribution >= 0.6 is 0 Å². The van der Waals surface area contributed by atoms with Crippen LogP contribution in [0.3, 0.4) is 0 Å². The summed E-state index contributed by atoms with van der Waals surface area (Å²) < 4.78 is 1.18. The fraction of sp³-hybridized carbons (Fsp3) is 0.100. The van der Waals surface area contributed by atoms with E-state index in [2.05, 4.69) is 10.1 Å². The fourth-order valence-electron chi connectivity index (χ4n) is 1.37. The average Bonchev–Trinajstić information content (AvgIpc) is 2.76. The predicted molar refractivity (Wildman–Crippen MR) is 59.7 cm³/mol. The second-order valence-corrected chi connectivity index (χ2v) is 3.46. The standard InChI is InChI=1S/C10H8N4O4/c15-9(16)5-13-6-11-10(12-13)7-1-3-8(4-2-7)14(17)18/h1-4,6H,5H2,(H,15,16). The molecule has 0 amide bonds. The molecule has 2 rings (SSSR count). The van der Waals surface area contributed by atoms with Crippen LogP contribution in [0.1, 0.15) is 0 Å². The molecule has 8 nitrogen and oxygen atoms in total. The monoisotopic (exact) mass is 248 g/mol. The Hall–Kier alpha value is -2.77. The fourth-order valence-corrected chi connectivity index (χ4v) is 1.37. The largest absolute Gasteiger partial charge is 0.480 e. The van der Waals surface area contributed by atoms with E-state index in [0.29, 0.717) is 11.4 Å². The van der Waals surface area contributed by atoms with Crippen molar-refractivity contribution in [1.82, 2.24) is 14.8 Å². The number of nitrogens with zero attached hydrogens (tertiary/aromatic N) is 4. The van der Waals surface area contributed by atoms with Gasteiger partial charge < -0.3 is 5.11 Å². The van der Waals surface area contributed by atoms with Crippen LogP contribution in [0.5, 0.6) is 0 Å². The number of benzene rings is 1. The van der Waals surface area contributed by atoms with Crippen molar-refractivity contribution in [2.24, 2.45) is 0 Å². The van der Waals surface area contributed by atoms with E-state index >= 15 is 0 Å². The first-order valence-electron chi connectivity index (χ1n) is 4.92. The molecule has 1 N–H and O–H groups in total. The van der Waals surface area contributed by atoms with E-state index in [-0.39, 0.29) is 12.2 Å². The summed E-state index contributed by atoms with van der Waals surface area (Å²) in [7, 11) is 0. The Morgan fingerprint density at radius 3 is 2.61 bits per heavy atom. The van der Waals surface area contributed by atoms with E-state index in [4.69, 9.17) is 5.11 Å². The maximum absolute atomic E-state index is 10.5. The average molecular weight is 248 g/mol. The summed E-state index contributed by atoms with van der Waals surface area (Å²) >= 11 is 0. The van der Waals surface area contributed by atoms with Crippen molar-refractivity contribution < 1.29 is 14.8 Å². The van der Waals surface area contributed by atoms with Crippen molar-refractivity contribution in [3.8, 4) is 11.4 Å². The molecule has 2 aromatic rings. The number of carbonyl (C=O) groups is 1. The number of carboxylic acids is 1. The van der Waals surface area contributed by atoms with Crippen LogP contribution < -0.4 is 0 Å². The Morgan fingerprint density at radius 2 is 2.06 bits per heavy atom. The molecule has 0 fully saturated rings. The molecule has 1 heterocycles. The van der Waals surface area contributed by atoms with Gasteiger partial charge in [-0.25, -0.2) is 9.67 Å². The molecule has 0 atom stereocenters. The molecular weight excluding hydrogens is 240 g/mol. The van der Waals surface area contributed by atoms with Gasteiger partial charge in [0.1, 0.15) is 12.9 Å². The van der Waals surface area contributed by atoms with Gasteiger partial charge in [0.2, 0.25) is 0 Å². The van der Waals surface area contributed by atoms with E-state index < -0.39 is 10.9 Å². The molecule has 0 unspecified atom stereocenters. The van der Waals surface area contributed by atoms with E-state index in [1.165, 1.54) is 35.3 Å². The van der Waals surface area contributed by atoms with Crippen LogP contribution in [0.15, 0.2) is 30.6 Å². The molecule has 1 aromatic carbocycles. The lowest BCUT2D eigenvalue weighted by Crippen LogP contribution is -2.08. The number of non-ortho nitro benzene ring substituents is 1. The van der Waals surface area contributed by atoms with Crippen molar-refractivity contribution in [3.63, 3.8) is 0 Å². The third kappa shape index (κ3) is 2.48. The highest BCUT2D eigenvalue weighted by Crippen LogP contribution is 2.18. The second kappa shape index (κ2) is 4.62. The quantitative estimate of drug-likeness (QED) is 0.636. The molecule has 0 saturated carbocycles. The minimum absolute atomic E-state index is 0.0243. The van der Waals surface area contributed by atoms with E-state index in [0.717, 1.165) is 0 Å².